The number of aromatic amines is 1. The van der Waals surface area contributed by atoms with Gasteiger partial charge in [0.05, 0.1) is 18.0 Å². The number of thiophene rings is 1. The van der Waals surface area contributed by atoms with Crippen LogP contribution in [0.2, 0.25) is 0 Å². The molecular formula is C13H19N3O2S. The van der Waals surface area contributed by atoms with Crippen LogP contribution in [0.15, 0.2) is 4.79 Å². The molecule has 2 N–H and O–H groups in total. The maximum absolute atomic E-state index is 12.2. The van der Waals surface area contributed by atoms with E-state index in [1.807, 2.05) is 32.7 Å². The van der Waals surface area contributed by atoms with Crippen molar-refractivity contribution >= 4 is 21.6 Å². The average molecular weight is 281 g/mol. The SMILES string of the molecule is Cc1sc2nc(C(C)N(C)CCO)[nH]c(=O)c2c1C. The number of aromatic nitrogens is 2. The van der Waals surface area contributed by atoms with Crippen LogP contribution in [0, 0.1) is 13.8 Å². The minimum Gasteiger partial charge on any atom is -0.395 e. The molecular weight excluding hydrogens is 262 g/mol. The van der Waals surface area contributed by atoms with E-state index in [1.165, 1.54) is 0 Å². The molecule has 6 heteroatoms. The van der Waals surface area contributed by atoms with E-state index in [2.05, 4.69) is 9.97 Å². The number of hydrogen-bond acceptors (Lipinski definition) is 5. The molecule has 0 aromatic carbocycles. The summed E-state index contributed by atoms with van der Waals surface area (Å²) in [5.74, 6) is 0.648. The van der Waals surface area contributed by atoms with Gasteiger partial charge in [0.25, 0.3) is 5.56 Å². The molecule has 2 aromatic rings. The molecule has 0 radical (unpaired) electrons. The van der Waals surface area contributed by atoms with E-state index >= 15 is 0 Å². The van der Waals surface area contributed by atoms with Crippen molar-refractivity contribution in [2.75, 3.05) is 20.2 Å². The normalized spacial score (nSPS) is 13.4. The zero-order valence-electron chi connectivity index (χ0n) is 11.6. The molecule has 5 nitrogen and oxygen atoms in total. The molecule has 1 atom stereocenters. The molecule has 0 bridgehead atoms. The summed E-state index contributed by atoms with van der Waals surface area (Å²) in [6.45, 7) is 6.55. The quantitative estimate of drug-likeness (QED) is 0.893. The molecule has 0 aliphatic carbocycles. The summed E-state index contributed by atoms with van der Waals surface area (Å²) in [5.41, 5.74) is 0.933. The van der Waals surface area contributed by atoms with E-state index in [0.717, 1.165) is 15.3 Å². The lowest BCUT2D eigenvalue weighted by atomic mass is 10.2. The number of fused-ring (bicyclic) bond motifs is 1. The van der Waals surface area contributed by atoms with Crippen LogP contribution < -0.4 is 5.56 Å². The Labute approximate surface area is 115 Å². The first-order valence-electron chi connectivity index (χ1n) is 6.26. The number of nitrogens with one attached hydrogen (secondary N) is 1. The summed E-state index contributed by atoms with van der Waals surface area (Å²) in [7, 11) is 1.90. The Bertz CT molecular complexity index is 647. The molecule has 2 heterocycles. The Hall–Kier alpha value is -1.24. The van der Waals surface area contributed by atoms with E-state index in [-0.39, 0.29) is 18.2 Å². The third-order valence-electron chi connectivity index (χ3n) is 3.57. The highest BCUT2D eigenvalue weighted by atomic mass is 32.1. The zero-order chi connectivity index (χ0) is 14.2. The van der Waals surface area contributed by atoms with Gasteiger partial charge in [0.2, 0.25) is 0 Å². The molecule has 0 saturated carbocycles. The summed E-state index contributed by atoms with van der Waals surface area (Å²) in [4.78, 5) is 23.5. The Morgan fingerprint density at radius 2 is 2.16 bits per heavy atom. The van der Waals surface area contributed by atoms with Crippen LogP contribution in [0.25, 0.3) is 10.2 Å². The summed E-state index contributed by atoms with van der Waals surface area (Å²) in [6.07, 6.45) is 0. The third kappa shape index (κ3) is 2.56. The number of nitrogens with zero attached hydrogens (tertiary/aromatic N) is 2. The van der Waals surface area contributed by atoms with Gasteiger partial charge in [0.15, 0.2) is 0 Å². The predicted octanol–water partition coefficient (Wildman–Crippen LogP) is 1.59. The number of H-pyrrole nitrogens is 1. The second-order valence-corrected chi connectivity index (χ2v) is 6.00. The van der Waals surface area contributed by atoms with Gasteiger partial charge in [0, 0.05) is 11.4 Å². The van der Waals surface area contributed by atoms with Crippen LogP contribution in [0.3, 0.4) is 0 Å². The van der Waals surface area contributed by atoms with Gasteiger partial charge in [-0.05, 0) is 33.4 Å². The van der Waals surface area contributed by atoms with Gasteiger partial charge in [-0.25, -0.2) is 4.98 Å². The second kappa shape index (κ2) is 5.40. The van der Waals surface area contributed by atoms with Gasteiger partial charge in [0.1, 0.15) is 10.7 Å². The van der Waals surface area contributed by atoms with E-state index < -0.39 is 0 Å². The number of aliphatic hydroxyl groups excluding tert-OH is 1. The highest BCUT2D eigenvalue weighted by molar-refractivity contribution is 7.18. The van der Waals surface area contributed by atoms with Gasteiger partial charge in [-0.1, -0.05) is 0 Å². The lowest BCUT2D eigenvalue weighted by Crippen LogP contribution is -2.28. The highest BCUT2D eigenvalue weighted by Gasteiger charge is 2.17. The molecule has 19 heavy (non-hydrogen) atoms. The molecule has 0 saturated heterocycles. The van der Waals surface area contributed by atoms with Crippen molar-refractivity contribution in [2.24, 2.45) is 0 Å². The third-order valence-corrected chi connectivity index (χ3v) is 4.67. The number of hydrogen-bond donors (Lipinski definition) is 2. The van der Waals surface area contributed by atoms with E-state index in [0.29, 0.717) is 17.8 Å². The van der Waals surface area contributed by atoms with Crippen LogP contribution in [0.1, 0.15) is 29.2 Å². The fourth-order valence-electron chi connectivity index (χ4n) is 2.03. The average Bonchev–Trinajstić information content (AvgIpc) is 2.64. The molecule has 2 rings (SSSR count). The first kappa shape index (κ1) is 14.2. The van der Waals surface area contributed by atoms with Crippen LogP contribution >= 0.6 is 11.3 Å². The Kier molecular flexibility index (Phi) is 4.03. The van der Waals surface area contributed by atoms with E-state index in [4.69, 9.17) is 5.11 Å². The summed E-state index contributed by atoms with van der Waals surface area (Å²) in [5, 5.41) is 9.66. The molecule has 1 unspecified atom stereocenters. The van der Waals surface area contributed by atoms with Crippen molar-refractivity contribution in [3.63, 3.8) is 0 Å². The summed E-state index contributed by atoms with van der Waals surface area (Å²) >= 11 is 1.55. The van der Waals surface area contributed by atoms with Crippen LogP contribution in [0.4, 0.5) is 0 Å². The van der Waals surface area contributed by atoms with Gasteiger partial charge >= 0.3 is 0 Å². The fourth-order valence-corrected chi connectivity index (χ4v) is 3.07. The Balaban J connectivity index is 2.49. The molecule has 2 aromatic heterocycles. The predicted molar refractivity (Wildman–Crippen MR) is 77.8 cm³/mol. The number of aliphatic hydroxyl groups is 1. The van der Waals surface area contributed by atoms with Gasteiger partial charge in [-0.3, -0.25) is 9.69 Å². The van der Waals surface area contributed by atoms with Crippen molar-refractivity contribution in [3.8, 4) is 0 Å². The lowest BCUT2D eigenvalue weighted by Gasteiger charge is -2.22. The van der Waals surface area contributed by atoms with E-state index in [1.54, 1.807) is 11.3 Å². The van der Waals surface area contributed by atoms with E-state index in [9.17, 15) is 4.79 Å². The molecule has 0 aliphatic heterocycles. The Morgan fingerprint density at radius 1 is 1.47 bits per heavy atom. The maximum atomic E-state index is 12.2. The molecule has 104 valence electrons. The van der Waals surface area contributed by atoms with Crippen LogP contribution in [-0.2, 0) is 0 Å². The molecule has 0 aliphatic rings. The first-order valence-corrected chi connectivity index (χ1v) is 7.08. The maximum Gasteiger partial charge on any atom is 0.259 e. The Morgan fingerprint density at radius 3 is 2.79 bits per heavy atom. The number of aryl methyl sites for hydroxylation is 2. The standard InChI is InChI=1S/C13H19N3O2S/c1-7-9(3)19-13-10(7)12(18)14-11(15-13)8(2)16(4)5-6-17/h8,17H,5-6H2,1-4H3,(H,14,15,18). The zero-order valence-corrected chi connectivity index (χ0v) is 12.5. The van der Waals surface area contributed by atoms with Crippen molar-refractivity contribution in [1.82, 2.24) is 14.9 Å². The topological polar surface area (TPSA) is 69.2 Å². The molecule has 0 amide bonds. The van der Waals surface area contributed by atoms with Crippen LogP contribution in [-0.4, -0.2) is 40.2 Å². The van der Waals surface area contributed by atoms with Crippen molar-refractivity contribution in [1.29, 1.82) is 0 Å². The monoisotopic (exact) mass is 281 g/mol. The lowest BCUT2D eigenvalue weighted by molar-refractivity contribution is 0.184. The highest BCUT2D eigenvalue weighted by Crippen LogP contribution is 2.27. The van der Waals surface area contributed by atoms with Crippen LogP contribution in [0.5, 0.6) is 0 Å². The minimum absolute atomic E-state index is 0.0352. The fraction of sp³-hybridized carbons (Fsp3) is 0.538. The minimum atomic E-state index is -0.0777. The van der Waals surface area contributed by atoms with Crippen molar-refractivity contribution in [2.45, 2.75) is 26.8 Å². The smallest absolute Gasteiger partial charge is 0.259 e. The molecule has 0 spiro atoms. The summed E-state index contributed by atoms with van der Waals surface area (Å²) in [6, 6.07) is -0.0352. The van der Waals surface area contributed by atoms with Gasteiger partial charge in [-0.15, -0.1) is 11.3 Å². The van der Waals surface area contributed by atoms with Gasteiger partial charge in [-0.2, -0.15) is 0 Å². The summed E-state index contributed by atoms with van der Waals surface area (Å²) < 4.78 is 0. The number of likely N-dealkylation sites (N-methyl/N-ethyl adjacent to an activating group) is 1. The number of rotatable bonds is 4. The first-order chi connectivity index (χ1) is 8.95. The second-order valence-electron chi connectivity index (χ2n) is 4.79. The molecule has 0 fully saturated rings. The van der Waals surface area contributed by atoms with Gasteiger partial charge < -0.3 is 10.1 Å². The van der Waals surface area contributed by atoms with Crippen molar-refractivity contribution in [3.05, 3.63) is 26.6 Å². The largest absolute Gasteiger partial charge is 0.395 e. The van der Waals surface area contributed by atoms with Crippen molar-refractivity contribution < 1.29 is 5.11 Å².